The molecule has 1 aliphatic rings. The van der Waals surface area contributed by atoms with E-state index in [1.165, 1.54) is 22.5 Å². The molecule has 1 aliphatic heterocycles. The molecule has 1 aromatic heterocycles. The van der Waals surface area contributed by atoms with E-state index in [1.54, 1.807) is 32.9 Å². The lowest BCUT2D eigenvalue weighted by atomic mass is 10.1. The van der Waals surface area contributed by atoms with Crippen molar-refractivity contribution in [3.8, 4) is 0 Å². The highest BCUT2D eigenvalue weighted by Crippen LogP contribution is 2.21. The predicted octanol–water partition coefficient (Wildman–Crippen LogP) is 2.27. The van der Waals surface area contributed by atoms with E-state index in [9.17, 15) is 22.8 Å². The fourth-order valence-corrected chi connectivity index (χ4v) is 5.10. The molecule has 0 saturated carbocycles. The SMILES string of the molecule is CCOC(=O)c1c(C)[nH]c(C)c1C(=O)COC(=O)/C=C/c1ccc(S(=O)(=O)N2CCOCC2)cc1. The first-order valence-electron chi connectivity index (χ1n) is 11.1. The zero-order valence-electron chi connectivity index (χ0n) is 19.8. The summed E-state index contributed by atoms with van der Waals surface area (Å²) in [5.74, 6) is -1.91. The first-order chi connectivity index (χ1) is 16.6. The fourth-order valence-electron chi connectivity index (χ4n) is 3.70. The molecule has 0 aliphatic carbocycles. The number of ether oxygens (including phenoxy) is 3. The van der Waals surface area contributed by atoms with Gasteiger partial charge in [-0.3, -0.25) is 4.79 Å². The third-order valence-corrected chi connectivity index (χ3v) is 7.29. The van der Waals surface area contributed by atoms with Crippen molar-refractivity contribution in [1.82, 2.24) is 9.29 Å². The van der Waals surface area contributed by atoms with Gasteiger partial charge in [-0.1, -0.05) is 12.1 Å². The van der Waals surface area contributed by atoms with Crippen LogP contribution in [0.3, 0.4) is 0 Å². The second-order valence-corrected chi connectivity index (χ2v) is 9.73. The zero-order chi connectivity index (χ0) is 25.6. The number of H-pyrrole nitrogens is 1. The largest absolute Gasteiger partial charge is 0.462 e. The minimum atomic E-state index is -3.61. The molecule has 3 rings (SSSR count). The number of aryl methyl sites for hydroxylation is 2. The molecule has 1 saturated heterocycles. The first-order valence-corrected chi connectivity index (χ1v) is 12.5. The third kappa shape index (κ3) is 6.24. The highest BCUT2D eigenvalue weighted by atomic mass is 32.2. The molecule has 0 spiro atoms. The van der Waals surface area contributed by atoms with Crippen molar-refractivity contribution in [2.45, 2.75) is 25.7 Å². The van der Waals surface area contributed by atoms with Gasteiger partial charge in [0.1, 0.15) is 0 Å². The number of carbonyl (C=O) groups is 3. The molecule has 2 aromatic rings. The van der Waals surface area contributed by atoms with E-state index < -0.39 is 34.4 Å². The normalized spacial score (nSPS) is 14.7. The number of nitrogens with one attached hydrogen (secondary N) is 1. The number of morpholine rings is 1. The molecular formula is C24H28N2O8S. The number of Topliss-reactive ketones (excluding diaryl/α,β-unsaturated/α-hetero) is 1. The summed E-state index contributed by atoms with van der Waals surface area (Å²) in [7, 11) is -3.61. The number of rotatable bonds is 9. The summed E-state index contributed by atoms with van der Waals surface area (Å²) in [6, 6.07) is 6.07. The van der Waals surface area contributed by atoms with E-state index in [4.69, 9.17) is 14.2 Å². The fraction of sp³-hybridized carbons (Fsp3) is 0.375. The van der Waals surface area contributed by atoms with Crippen molar-refractivity contribution >= 4 is 33.8 Å². The highest BCUT2D eigenvalue weighted by molar-refractivity contribution is 7.89. The number of aromatic nitrogens is 1. The number of hydrogen-bond acceptors (Lipinski definition) is 8. The Kier molecular flexibility index (Phi) is 8.60. The van der Waals surface area contributed by atoms with Crippen molar-refractivity contribution in [3.05, 3.63) is 58.4 Å². The maximum absolute atomic E-state index is 12.7. The maximum atomic E-state index is 12.7. The molecule has 1 fully saturated rings. The molecule has 0 radical (unpaired) electrons. The number of hydrogen-bond donors (Lipinski definition) is 1. The van der Waals surface area contributed by atoms with Gasteiger partial charge in [-0.15, -0.1) is 0 Å². The van der Waals surface area contributed by atoms with Gasteiger partial charge in [-0.2, -0.15) is 4.31 Å². The minimum Gasteiger partial charge on any atom is -0.462 e. The summed E-state index contributed by atoms with van der Waals surface area (Å²) in [4.78, 5) is 40.1. The van der Waals surface area contributed by atoms with E-state index in [2.05, 4.69) is 4.98 Å². The Bertz CT molecular complexity index is 1220. The molecule has 10 nitrogen and oxygen atoms in total. The molecular weight excluding hydrogens is 476 g/mol. The van der Waals surface area contributed by atoms with E-state index >= 15 is 0 Å². The van der Waals surface area contributed by atoms with Crippen LogP contribution in [-0.4, -0.2) is 74.9 Å². The van der Waals surface area contributed by atoms with Gasteiger partial charge < -0.3 is 19.2 Å². The van der Waals surface area contributed by atoms with Crippen LogP contribution in [0.2, 0.25) is 0 Å². The van der Waals surface area contributed by atoms with Crippen LogP contribution in [0, 0.1) is 13.8 Å². The summed E-state index contributed by atoms with van der Waals surface area (Å²) >= 11 is 0. The molecule has 188 valence electrons. The Balaban J connectivity index is 1.60. The van der Waals surface area contributed by atoms with E-state index in [0.29, 0.717) is 43.3 Å². The zero-order valence-corrected chi connectivity index (χ0v) is 20.6. The Morgan fingerprint density at radius 2 is 1.66 bits per heavy atom. The standard InChI is InChI=1S/C24H28N2O8S/c1-4-33-24(29)23-17(3)25-16(2)22(23)20(27)15-34-21(28)10-7-18-5-8-19(9-6-18)35(30,31)26-11-13-32-14-12-26/h5-10,25H,4,11-15H2,1-3H3/b10-7+. The number of aromatic amines is 1. The Morgan fingerprint density at radius 1 is 1.03 bits per heavy atom. The third-order valence-electron chi connectivity index (χ3n) is 5.38. The Morgan fingerprint density at radius 3 is 2.29 bits per heavy atom. The molecule has 11 heteroatoms. The van der Waals surface area contributed by atoms with Crippen molar-refractivity contribution < 1.29 is 37.0 Å². The number of sulfonamides is 1. The summed E-state index contributed by atoms with van der Waals surface area (Å²) < 4.78 is 42.0. The minimum absolute atomic E-state index is 0.132. The molecule has 1 N–H and O–H groups in total. The quantitative estimate of drug-likeness (QED) is 0.312. The average molecular weight is 505 g/mol. The number of esters is 2. The van der Waals surface area contributed by atoms with Gasteiger partial charge in [-0.25, -0.2) is 18.0 Å². The van der Waals surface area contributed by atoms with Gasteiger partial charge >= 0.3 is 11.9 Å². The summed E-state index contributed by atoms with van der Waals surface area (Å²) in [6.45, 7) is 5.90. The molecule has 35 heavy (non-hydrogen) atoms. The topological polar surface area (TPSA) is 132 Å². The lowest BCUT2D eigenvalue weighted by molar-refractivity contribution is -0.136. The van der Waals surface area contributed by atoms with Crippen molar-refractivity contribution in [2.24, 2.45) is 0 Å². The van der Waals surface area contributed by atoms with Crippen LogP contribution in [-0.2, 0) is 29.0 Å². The lowest BCUT2D eigenvalue weighted by Gasteiger charge is -2.26. The molecule has 0 atom stereocenters. The molecule has 0 amide bonds. The van der Waals surface area contributed by atoms with Crippen LogP contribution in [0.15, 0.2) is 35.2 Å². The van der Waals surface area contributed by atoms with Gasteiger partial charge in [0.05, 0.1) is 35.8 Å². The number of benzene rings is 1. The smallest absolute Gasteiger partial charge is 0.340 e. The number of nitrogens with zero attached hydrogens (tertiary/aromatic N) is 1. The second kappa shape index (κ2) is 11.4. The summed E-state index contributed by atoms with van der Waals surface area (Å²) in [5.41, 5.74) is 1.82. The van der Waals surface area contributed by atoms with Gasteiger partial charge in [0, 0.05) is 30.6 Å². The van der Waals surface area contributed by atoms with Crippen LogP contribution >= 0.6 is 0 Å². The summed E-state index contributed by atoms with van der Waals surface area (Å²) in [5, 5.41) is 0. The maximum Gasteiger partial charge on any atom is 0.340 e. The molecule has 2 heterocycles. The van der Waals surface area contributed by atoms with E-state index in [0.717, 1.165) is 6.08 Å². The molecule has 0 unspecified atom stereocenters. The van der Waals surface area contributed by atoms with Crippen LogP contribution < -0.4 is 0 Å². The summed E-state index contributed by atoms with van der Waals surface area (Å²) in [6.07, 6.45) is 2.59. The van der Waals surface area contributed by atoms with Crippen LogP contribution in [0.25, 0.3) is 6.08 Å². The molecule has 0 bridgehead atoms. The van der Waals surface area contributed by atoms with Gasteiger partial charge in [0.2, 0.25) is 15.8 Å². The monoisotopic (exact) mass is 504 g/mol. The predicted molar refractivity (Wildman–Crippen MR) is 127 cm³/mol. The van der Waals surface area contributed by atoms with Gasteiger partial charge in [0.25, 0.3) is 0 Å². The van der Waals surface area contributed by atoms with Crippen molar-refractivity contribution in [3.63, 3.8) is 0 Å². The van der Waals surface area contributed by atoms with Crippen LogP contribution in [0.4, 0.5) is 0 Å². The van der Waals surface area contributed by atoms with Crippen LogP contribution in [0.5, 0.6) is 0 Å². The van der Waals surface area contributed by atoms with E-state index in [-0.39, 0.29) is 22.6 Å². The average Bonchev–Trinajstić information content (AvgIpc) is 3.15. The van der Waals surface area contributed by atoms with Crippen molar-refractivity contribution in [1.29, 1.82) is 0 Å². The number of carbonyl (C=O) groups excluding carboxylic acids is 3. The highest BCUT2D eigenvalue weighted by Gasteiger charge is 2.27. The number of ketones is 1. The van der Waals surface area contributed by atoms with Gasteiger partial charge in [-0.05, 0) is 44.5 Å². The van der Waals surface area contributed by atoms with Gasteiger partial charge in [0.15, 0.2) is 6.61 Å². The first kappa shape index (κ1) is 26.3. The van der Waals surface area contributed by atoms with E-state index in [1.807, 2.05) is 0 Å². The lowest BCUT2D eigenvalue weighted by Crippen LogP contribution is -2.40. The second-order valence-electron chi connectivity index (χ2n) is 7.80. The Labute approximate surface area is 203 Å². The molecule has 1 aromatic carbocycles. The van der Waals surface area contributed by atoms with Crippen molar-refractivity contribution in [2.75, 3.05) is 39.5 Å². The Hall–Kier alpha value is -3.28. The van der Waals surface area contributed by atoms with Crippen LogP contribution in [0.1, 0.15) is 44.6 Å².